The average Bonchev–Trinajstić information content (AvgIpc) is 3.12. The molecule has 1 aliphatic rings. The maximum atomic E-state index is 12.6. The van der Waals surface area contributed by atoms with E-state index in [9.17, 15) is 19.7 Å². The fourth-order valence-electron chi connectivity index (χ4n) is 2.82. The van der Waals surface area contributed by atoms with Crippen LogP contribution in [0.25, 0.3) is 6.08 Å². The third kappa shape index (κ3) is 3.86. The number of allylic oxidation sites excluding steroid dienone is 1. The smallest absolute Gasteiger partial charge is 0.342 e. The van der Waals surface area contributed by atoms with Gasteiger partial charge in [-0.25, -0.2) is 9.55 Å². The Kier molecular flexibility index (Phi) is 5.02. The van der Waals surface area contributed by atoms with Crippen molar-refractivity contribution < 1.29 is 24.0 Å². The van der Waals surface area contributed by atoms with Crippen molar-refractivity contribution in [3.8, 4) is 5.75 Å². The summed E-state index contributed by atoms with van der Waals surface area (Å²) in [5.74, 6) is 0.260. The van der Waals surface area contributed by atoms with Crippen LogP contribution in [-0.4, -0.2) is 39.4 Å². The van der Waals surface area contributed by atoms with Crippen molar-refractivity contribution in [3.05, 3.63) is 57.0 Å². The molecule has 9 heteroatoms. The Morgan fingerprint density at radius 2 is 2.19 bits per heavy atom. The summed E-state index contributed by atoms with van der Waals surface area (Å²) >= 11 is 0. The van der Waals surface area contributed by atoms with E-state index in [1.54, 1.807) is 24.3 Å². The zero-order valence-electron chi connectivity index (χ0n) is 14.8. The molecular formula is C18H17N3O6. The van der Waals surface area contributed by atoms with Crippen molar-refractivity contribution in [3.63, 3.8) is 0 Å². The summed E-state index contributed by atoms with van der Waals surface area (Å²) in [7, 11) is 1.53. The van der Waals surface area contributed by atoms with Gasteiger partial charge in [0.2, 0.25) is 5.82 Å². The van der Waals surface area contributed by atoms with Crippen LogP contribution < -0.4 is 4.74 Å². The van der Waals surface area contributed by atoms with E-state index in [1.807, 2.05) is 0 Å². The van der Waals surface area contributed by atoms with Crippen LogP contribution in [0, 0.1) is 10.1 Å². The maximum absolute atomic E-state index is 12.6. The molecule has 0 saturated carbocycles. The number of imidazole rings is 1. The second-order valence-corrected chi connectivity index (χ2v) is 5.97. The normalized spacial score (nSPS) is 14.3. The first-order valence-corrected chi connectivity index (χ1v) is 8.17. The fraction of sp³-hybridized carbons (Fsp3) is 0.278. The van der Waals surface area contributed by atoms with E-state index in [-0.39, 0.29) is 30.8 Å². The molecule has 0 atom stereocenters. The molecule has 0 bridgehead atoms. The minimum atomic E-state index is -0.528. The lowest BCUT2D eigenvalue weighted by atomic mass is 10.1. The number of esters is 1. The monoisotopic (exact) mass is 371 g/mol. The number of carbonyl (C=O) groups is 2. The summed E-state index contributed by atoms with van der Waals surface area (Å²) in [5.41, 5.74) is 1.88. The third-order valence-electron chi connectivity index (χ3n) is 4.14. The highest BCUT2D eigenvalue weighted by molar-refractivity contribution is 6.15. The van der Waals surface area contributed by atoms with E-state index in [0.29, 0.717) is 29.1 Å². The molecule has 0 unspecified atom stereocenters. The SMILES string of the molecule is CC(=O)OCCOc1ccc2c(c1)CC(=Cc1ncc([N+](=O)[O-])n1C)C2=O. The van der Waals surface area contributed by atoms with Crippen LogP contribution in [0.1, 0.15) is 28.7 Å². The Balaban J connectivity index is 1.75. The lowest BCUT2D eigenvalue weighted by Crippen LogP contribution is -2.09. The predicted molar refractivity (Wildman–Crippen MR) is 94.4 cm³/mol. The van der Waals surface area contributed by atoms with Gasteiger partial charge in [-0.3, -0.25) is 9.59 Å². The Bertz CT molecular complexity index is 960. The standard InChI is InChI=1S/C18H17N3O6/c1-11(22)26-5-6-27-14-3-4-15-12(8-14)7-13(18(15)23)9-16-19-10-17(20(16)2)21(24)25/h3-4,8-10H,5-7H2,1-2H3. The van der Waals surface area contributed by atoms with Gasteiger partial charge in [-0.1, -0.05) is 0 Å². The van der Waals surface area contributed by atoms with Gasteiger partial charge in [0.25, 0.3) is 0 Å². The van der Waals surface area contributed by atoms with Crippen LogP contribution in [0.15, 0.2) is 30.0 Å². The van der Waals surface area contributed by atoms with Gasteiger partial charge >= 0.3 is 11.8 Å². The molecule has 0 radical (unpaired) electrons. The number of hydrogen-bond acceptors (Lipinski definition) is 7. The van der Waals surface area contributed by atoms with Crippen molar-refractivity contribution in [1.82, 2.24) is 9.55 Å². The van der Waals surface area contributed by atoms with Crippen LogP contribution in [0.2, 0.25) is 0 Å². The molecule has 0 aliphatic heterocycles. The molecule has 27 heavy (non-hydrogen) atoms. The van der Waals surface area contributed by atoms with Crippen LogP contribution in [0.4, 0.5) is 5.82 Å². The summed E-state index contributed by atoms with van der Waals surface area (Å²) < 4.78 is 11.6. The first-order valence-electron chi connectivity index (χ1n) is 8.17. The van der Waals surface area contributed by atoms with Crippen molar-refractivity contribution >= 4 is 23.6 Å². The Hall–Kier alpha value is -3.49. The highest BCUT2D eigenvalue weighted by atomic mass is 16.6. The van der Waals surface area contributed by atoms with Gasteiger partial charge in [-0.2, -0.15) is 0 Å². The molecule has 0 amide bonds. The number of rotatable bonds is 6. The summed E-state index contributed by atoms with van der Waals surface area (Å²) in [6.07, 6.45) is 3.11. The zero-order chi connectivity index (χ0) is 19.6. The zero-order valence-corrected chi connectivity index (χ0v) is 14.8. The molecule has 0 spiro atoms. The Morgan fingerprint density at radius 3 is 2.85 bits per heavy atom. The first kappa shape index (κ1) is 18.3. The van der Waals surface area contributed by atoms with E-state index in [2.05, 4.69) is 4.98 Å². The van der Waals surface area contributed by atoms with Crippen molar-refractivity contribution in [1.29, 1.82) is 0 Å². The summed E-state index contributed by atoms with van der Waals surface area (Å²) in [4.78, 5) is 37.7. The van der Waals surface area contributed by atoms with Crippen molar-refractivity contribution in [2.45, 2.75) is 13.3 Å². The molecule has 0 fully saturated rings. The molecular weight excluding hydrogens is 354 g/mol. The molecule has 2 aromatic rings. The van der Waals surface area contributed by atoms with Crippen LogP contribution in [-0.2, 0) is 23.0 Å². The molecule has 9 nitrogen and oxygen atoms in total. The van der Waals surface area contributed by atoms with Gasteiger partial charge in [-0.05, 0) is 28.7 Å². The number of nitrogens with zero attached hydrogens (tertiary/aromatic N) is 3. The average molecular weight is 371 g/mol. The second kappa shape index (κ2) is 7.40. The third-order valence-corrected chi connectivity index (χ3v) is 4.14. The number of aromatic nitrogens is 2. The number of benzene rings is 1. The van der Waals surface area contributed by atoms with E-state index in [4.69, 9.17) is 9.47 Å². The highest BCUT2D eigenvalue weighted by Gasteiger charge is 2.27. The van der Waals surface area contributed by atoms with Gasteiger partial charge in [-0.15, -0.1) is 0 Å². The van der Waals surface area contributed by atoms with Gasteiger partial charge < -0.3 is 19.6 Å². The molecule has 1 aliphatic carbocycles. The molecule has 1 heterocycles. The van der Waals surface area contributed by atoms with Gasteiger partial charge in [0.05, 0.1) is 7.05 Å². The van der Waals surface area contributed by atoms with E-state index in [1.165, 1.54) is 18.5 Å². The largest absolute Gasteiger partial charge is 0.490 e. The molecule has 1 aromatic heterocycles. The fourth-order valence-corrected chi connectivity index (χ4v) is 2.82. The van der Waals surface area contributed by atoms with Gasteiger partial charge in [0, 0.05) is 30.6 Å². The van der Waals surface area contributed by atoms with Gasteiger partial charge in [0.1, 0.15) is 25.2 Å². The molecule has 3 rings (SSSR count). The van der Waals surface area contributed by atoms with Crippen molar-refractivity contribution in [2.75, 3.05) is 13.2 Å². The molecule has 1 aromatic carbocycles. The van der Waals surface area contributed by atoms with Crippen LogP contribution in [0.3, 0.4) is 0 Å². The summed E-state index contributed by atoms with van der Waals surface area (Å²) in [5, 5.41) is 10.9. The number of ether oxygens (including phenoxy) is 2. The number of hydrogen-bond donors (Lipinski definition) is 0. The number of ketones is 1. The topological polar surface area (TPSA) is 114 Å². The lowest BCUT2D eigenvalue weighted by molar-refractivity contribution is -0.391. The lowest BCUT2D eigenvalue weighted by Gasteiger charge is -2.07. The Morgan fingerprint density at radius 1 is 1.41 bits per heavy atom. The number of nitro groups is 1. The summed E-state index contributed by atoms with van der Waals surface area (Å²) in [6.45, 7) is 1.69. The minimum absolute atomic E-state index is 0.137. The maximum Gasteiger partial charge on any atom is 0.342 e. The van der Waals surface area contributed by atoms with E-state index < -0.39 is 4.92 Å². The van der Waals surface area contributed by atoms with E-state index >= 15 is 0 Å². The molecule has 0 N–H and O–H groups in total. The van der Waals surface area contributed by atoms with E-state index in [0.717, 1.165) is 11.8 Å². The van der Waals surface area contributed by atoms with Gasteiger partial charge in [0.15, 0.2) is 5.78 Å². The number of Topliss-reactive ketones (excluding diaryl/α,β-unsaturated/α-hetero) is 1. The molecule has 140 valence electrons. The van der Waals surface area contributed by atoms with Crippen molar-refractivity contribution in [2.24, 2.45) is 7.05 Å². The minimum Gasteiger partial charge on any atom is -0.490 e. The number of fused-ring (bicyclic) bond motifs is 1. The first-order chi connectivity index (χ1) is 12.9. The second-order valence-electron chi connectivity index (χ2n) is 5.97. The highest BCUT2D eigenvalue weighted by Crippen LogP contribution is 2.31. The summed E-state index contributed by atoms with van der Waals surface area (Å²) in [6, 6.07) is 5.13. The quantitative estimate of drug-likeness (QED) is 0.251. The Labute approximate surface area is 154 Å². The van der Waals surface area contributed by atoms with Crippen LogP contribution in [0.5, 0.6) is 5.75 Å². The predicted octanol–water partition coefficient (Wildman–Crippen LogP) is 2.09. The number of carbonyl (C=O) groups excluding carboxylic acids is 2. The molecule has 0 saturated heterocycles. The van der Waals surface area contributed by atoms with Crippen LogP contribution >= 0.6 is 0 Å².